The van der Waals surface area contributed by atoms with E-state index in [1.807, 2.05) is 21.5 Å². The molecule has 1 unspecified atom stereocenters. The highest BCUT2D eigenvalue weighted by Crippen LogP contribution is 2.35. The number of anilines is 2. The van der Waals surface area contributed by atoms with Crippen molar-refractivity contribution in [2.45, 2.75) is 70.7 Å². The third kappa shape index (κ3) is 8.63. The number of hydrogen-bond donors (Lipinski definition) is 2. The highest BCUT2D eigenvalue weighted by Gasteiger charge is 2.45. The SMILES string of the molecule is C[C@@H](Oc1cc(-c2c(C#N)ncn2Cc2cnn(CC3CCN(CC4CCN(c5ccc6c(c5)C(=O)N(C5CCC(=O)NC5=O)C6=O)CC4)CC3)c2)cnc1N)c1cccc(F)c1. The van der Waals surface area contributed by atoms with Crippen molar-refractivity contribution >= 4 is 35.1 Å². The number of nitrogens with zero attached hydrogens (tertiary/aromatic N) is 9. The highest BCUT2D eigenvalue weighted by molar-refractivity contribution is 6.23. The number of carbonyl (C=O) groups excluding carboxylic acids is 4. The number of nitrogens with two attached hydrogens (primary N) is 1. The van der Waals surface area contributed by atoms with Gasteiger partial charge in [-0.2, -0.15) is 10.4 Å². The third-order valence-corrected chi connectivity index (χ3v) is 12.8. The summed E-state index contributed by atoms with van der Waals surface area (Å²) in [5.74, 6) is -0.779. The number of carbonyl (C=O) groups is 4. The molecule has 2 atom stereocenters. The van der Waals surface area contributed by atoms with Gasteiger partial charge < -0.3 is 24.8 Å². The van der Waals surface area contributed by atoms with Crippen molar-refractivity contribution in [3.63, 3.8) is 0 Å². The molecule has 0 bridgehead atoms. The predicted molar refractivity (Wildman–Crippen MR) is 229 cm³/mol. The predicted octanol–water partition coefficient (Wildman–Crippen LogP) is 4.95. The van der Waals surface area contributed by atoms with E-state index < -0.39 is 35.8 Å². The molecule has 3 saturated heterocycles. The summed E-state index contributed by atoms with van der Waals surface area (Å²) in [6.45, 7) is 7.87. The van der Waals surface area contributed by atoms with Gasteiger partial charge in [0, 0.05) is 61.8 Å². The van der Waals surface area contributed by atoms with Gasteiger partial charge in [-0.15, -0.1) is 0 Å². The van der Waals surface area contributed by atoms with Crippen LogP contribution in [0.4, 0.5) is 15.9 Å². The Kier molecular flexibility index (Phi) is 11.5. The van der Waals surface area contributed by atoms with Crippen LogP contribution in [-0.4, -0.2) is 96.5 Å². The van der Waals surface area contributed by atoms with Crippen LogP contribution in [0.1, 0.15) is 89.1 Å². The summed E-state index contributed by atoms with van der Waals surface area (Å²) in [7, 11) is 0. The number of pyridine rings is 1. The Morgan fingerprint density at radius 1 is 0.921 bits per heavy atom. The van der Waals surface area contributed by atoms with Crippen LogP contribution in [0.3, 0.4) is 0 Å². The second kappa shape index (κ2) is 17.4. The Balaban J connectivity index is 0.752. The minimum Gasteiger partial charge on any atom is -0.482 e. The summed E-state index contributed by atoms with van der Waals surface area (Å²) in [5.41, 5.74) is 10.7. The molecular formula is C46H48FN11O5. The number of halogens is 1. The summed E-state index contributed by atoms with van der Waals surface area (Å²) in [5, 5.41) is 16.9. The second-order valence-electron chi connectivity index (χ2n) is 17.0. The lowest BCUT2D eigenvalue weighted by Crippen LogP contribution is -2.54. The van der Waals surface area contributed by atoms with Crippen LogP contribution in [0.25, 0.3) is 11.3 Å². The van der Waals surface area contributed by atoms with Crippen molar-refractivity contribution in [2.75, 3.05) is 43.4 Å². The van der Waals surface area contributed by atoms with Gasteiger partial charge in [0.2, 0.25) is 11.8 Å². The van der Waals surface area contributed by atoms with Crippen LogP contribution in [0.5, 0.6) is 5.75 Å². The Labute approximate surface area is 363 Å². The van der Waals surface area contributed by atoms with E-state index in [1.54, 1.807) is 49.8 Å². The van der Waals surface area contributed by atoms with E-state index in [0.29, 0.717) is 52.1 Å². The standard InChI is InChI=1S/C46H48FN11O5/c1-28(32-3-2-4-34(47)17-32)63-40-18-33(22-50-43(40)49)42-38(20-48)51-27-56(42)24-31-21-52-57(26-31)25-30-9-13-54(14-10-30)23-29-11-15-55(16-12-29)35-5-6-36-37(19-35)46(62)58(45(36)61)39-7-8-41(59)53-44(39)60/h2-6,17-19,21-22,26-30,39H,7-16,23-25H2,1H3,(H2,49,50)(H,53,59,60)/t28-,39?/m1/s1. The molecule has 4 aliphatic rings. The summed E-state index contributed by atoms with van der Waals surface area (Å²) in [4.78, 5) is 65.2. The van der Waals surface area contributed by atoms with E-state index >= 15 is 0 Å². The summed E-state index contributed by atoms with van der Waals surface area (Å²) < 4.78 is 23.9. The van der Waals surface area contributed by atoms with Crippen LogP contribution in [0.15, 0.2) is 73.4 Å². The quantitative estimate of drug-likeness (QED) is 0.161. The largest absolute Gasteiger partial charge is 0.482 e. The smallest absolute Gasteiger partial charge is 0.262 e. The van der Waals surface area contributed by atoms with Crippen LogP contribution in [0.2, 0.25) is 0 Å². The van der Waals surface area contributed by atoms with Gasteiger partial charge in [0.05, 0.1) is 35.9 Å². The fraction of sp³-hybridized carbons (Fsp3) is 0.391. The number of fused-ring (bicyclic) bond motifs is 1. The number of amides is 4. The van der Waals surface area contributed by atoms with Crippen molar-refractivity contribution in [3.8, 4) is 23.1 Å². The number of nitrogens with one attached hydrogen (secondary N) is 1. The first kappa shape index (κ1) is 41.4. The van der Waals surface area contributed by atoms with Crippen molar-refractivity contribution < 1.29 is 28.3 Å². The van der Waals surface area contributed by atoms with Gasteiger partial charge in [-0.05, 0) is 106 Å². The average molecular weight is 854 g/mol. The van der Waals surface area contributed by atoms with Gasteiger partial charge in [0.1, 0.15) is 24.0 Å². The molecule has 3 N–H and O–H groups in total. The molecule has 9 rings (SSSR count). The van der Waals surface area contributed by atoms with E-state index in [9.17, 15) is 28.8 Å². The number of imidazole rings is 1. The number of imide groups is 2. The number of ether oxygens (including phenoxy) is 1. The maximum atomic E-state index is 13.9. The van der Waals surface area contributed by atoms with Gasteiger partial charge in [0.25, 0.3) is 11.8 Å². The molecule has 3 aromatic heterocycles. The van der Waals surface area contributed by atoms with Gasteiger partial charge in [-0.3, -0.25) is 34.1 Å². The molecule has 4 aliphatic heterocycles. The van der Waals surface area contributed by atoms with Crippen molar-refractivity contribution in [2.24, 2.45) is 11.8 Å². The minimum atomic E-state index is -0.977. The van der Waals surface area contributed by atoms with E-state index in [4.69, 9.17) is 15.6 Å². The number of hydrogen-bond acceptors (Lipinski definition) is 12. The molecule has 0 saturated carbocycles. The molecule has 0 aliphatic carbocycles. The van der Waals surface area contributed by atoms with E-state index in [0.717, 1.165) is 81.1 Å². The molecule has 17 heteroatoms. The average Bonchev–Trinajstić information content (AvgIpc) is 3.98. The molecule has 7 heterocycles. The summed E-state index contributed by atoms with van der Waals surface area (Å²) in [6, 6.07) is 14.5. The number of piperidine rings is 3. The first-order valence-electron chi connectivity index (χ1n) is 21.5. The lowest BCUT2D eigenvalue weighted by Gasteiger charge is -2.38. The molecule has 3 fully saturated rings. The molecule has 2 aromatic carbocycles. The van der Waals surface area contributed by atoms with Crippen molar-refractivity contribution in [1.82, 2.24) is 39.4 Å². The molecule has 5 aromatic rings. The molecule has 0 radical (unpaired) electrons. The fourth-order valence-corrected chi connectivity index (χ4v) is 9.38. The van der Waals surface area contributed by atoms with Crippen LogP contribution in [-0.2, 0) is 22.7 Å². The Hall–Kier alpha value is -6.93. The van der Waals surface area contributed by atoms with Crippen LogP contribution >= 0.6 is 0 Å². The van der Waals surface area contributed by atoms with Crippen molar-refractivity contribution in [3.05, 3.63) is 107 Å². The lowest BCUT2D eigenvalue weighted by atomic mass is 9.92. The zero-order valence-electron chi connectivity index (χ0n) is 35.0. The monoisotopic (exact) mass is 853 g/mol. The highest BCUT2D eigenvalue weighted by atomic mass is 19.1. The van der Waals surface area contributed by atoms with Gasteiger partial charge in [0.15, 0.2) is 17.3 Å². The summed E-state index contributed by atoms with van der Waals surface area (Å²) in [6.07, 6.45) is 11.1. The van der Waals surface area contributed by atoms with Gasteiger partial charge in [-0.25, -0.2) is 14.4 Å². The second-order valence-corrected chi connectivity index (χ2v) is 17.0. The third-order valence-electron chi connectivity index (χ3n) is 12.8. The maximum absolute atomic E-state index is 13.9. The van der Waals surface area contributed by atoms with Crippen LogP contribution < -0.4 is 20.7 Å². The molecule has 0 spiro atoms. The number of benzene rings is 2. The maximum Gasteiger partial charge on any atom is 0.262 e. The Morgan fingerprint density at radius 3 is 2.44 bits per heavy atom. The molecule has 4 amide bonds. The molecule has 324 valence electrons. The zero-order chi connectivity index (χ0) is 43.8. The number of rotatable bonds is 12. The topological polar surface area (TPSA) is 198 Å². The summed E-state index contributed by atoms with van der Waals surface area (Å²) >= 11 is 0. The Morgan fingerprint density at radius 2 is 1.68 bits per heavy atom. The molecular weight excluding hydrogens is 806 g/mol. The molecule has 16 nitrogen and oxygen atoms in total. The lowest BCUT2D eigenvalue weighted by molar-refractivity contribution is -0.136. The van der Waals surface area contributed by atoms with Gasteiger partial charge >= 0.3 is 0 Å². The first-order valence-corrected chi connectivity index (χ1v) is 21.5. The normalized spacial score (nSPS) is 19.3. The number of nitriles is 1. The van der Waals surface area contributed by atoms with Crippen molar-refractivity contribution in [1.29, 1.82) is 5.26 Å². The minimum absolute atomic E-state index is 0.0883. The van der Waals surface area contributed by atoms with E-state index in [2.05, 4.69) is 37.4 Å². The van der Waals surface area contributed by atoms with Crippen LogP contribution in [0, 0.1) is 29.0 Å². The van der Waals surface area contributed by atoms with E-state index in [-0.39, 0.29) is 30.2 Å². The van der Waals surface area contributed by atoms with Gasteiger partial charge in [-0.1, -0.05) is 12.1 Å². The Bertz CT molecular complexity index is 2620. The van der Waals surface area contributed by atoms with E-state index in [1.165, 1.54) is 12.1 Å². The molecule has 63 heavy (non-hydrogen) atoms. The number of likely N-dealkylation sites (tertiary alicyclic amines) is 1. The fourth-order valence-electron chi connectivity index (χ4n) is 9.38. The number of aromatic nitrogens is 5. The first-order chi connectivity index (χ1) is 30.5. The number of nitrogen functional groups attached to an aromatic ring is 1. The zero-order valence-corrected chi connectivity index (χ0v) is 35.0.